The van der Waals surface area contributed by atoms with E-state index in [1.165, 1.54) is 12.1 Å². The van der Waals surface area contributed by atoms with Gasteiger partial charge < -0.3 is 9.47 Å². The Bertz CT molecular complexity index is 584. The zero-order valence-corrected chi connectivity index (χ0v) is 12.1. The van der Waals surface area contributed by atoms with E-state index >= 15 is 0 Å². The summed E-state index contributed by atoms with van der Waals surface area (Å²) in [6.45, 7) is 0.597. The van der Waals surface area contributed by atoms with Crippen LogP contribution < -0.4 is 9.47 Å². The maximum absolute atomic E-state index is 12.7. The van der Waals surface area contributed by atoms with Crippen molar-refractivity contribution < 1.29 is 18.7 Å². The number of halogens is 2. The highest BCUT2D eigenvalue weighted by Crippen LogP contribution is 2.21. The minimum absolute atomic E-state index is 0.292. The Kier molecular flexibility index (Phi) is 5.12. The van der Waals surface area contributed by atoms with Gasteiger partial charge >= 0.3 is 0 Å². The van der Waals surface area contributed by atoms with Gasteiger partial charge in [-0.05, 0) is 42.5 Å². The van der Waals surface area contributed by atoms with Crippen molar-refractivity contribution in [3.63, 3.8) is 0 Å². The van der Waals surface area contributed by atoms with E-state index < -0.39 is 0 Å². The summed E-state index contributed by atoms with van der Waals surface area (Å²) in [5.41, 5.74) is 0.473. The maximum atomic E-state index is 12.7. The molecule has 20 heavy (non-hydrogen) atoms. The summed E-state index contributed by atoms with van der Waals surface area (Å²) in [6, 6.07) is 10.9. The van der Waals surface area contributed by atoms with E-state index in [4.69, 9.17) is 9.47 Å². The van der Waals surface area contributed by atoms with Gasteiger partial charge in [-0.1, -0.05) is 15.9 Å². The summed E-state index contributed by atoms with van der Waals surface area (Å²) in [6.07, 6.45) is 0.737. The Morgan fingerprint density at radius 1 is 1.05 bits per heavy atom. The molecule has 104 valence electrons. The highest BCUT2D eigenvalue weighted by molar-refractivity contribution is 9.10. The Morgan fingerprint density at radius 3 is 2.45 bits per heavy atom. The third-order valence-corrected chi connectivity index (χ3v) is 3.02. The Balaban J connectivity index is 1.84. The van der Waals surface area contributed by atoms with Gasteiger partial charge in [-0.15, -0.1) is 0 Å². The number of carbonyl (C=O) groups excluding carboxylic acids is 1. The molecule has 2 rings (SSSR count). The van der Waals surface area contributed by atoms with Crippen LogP contribution in [0.1, 0.15) is 10.4 Å². The van der Waals surface area contributed by atoms with Crippen LogP contribution in [0.4, 0.5) is 4.39 Å². The highest BCUT2D eigenvalue weighted by Gasteiger charge is 2.03. The number of benzene rings is 2. The van der Waals surface area contributed by atoms with Crippen LogP contribution in [-0.4, -0.2) is 19.5 Å². The average molecular weight is 339 g/mol. The van der Waals surface area contributed by atoms with Gasteiger partial charge in [0.25, 0.3) is 0 Å². The quantitative estimate of drug-likeness (QED) is 0.592. The lowest BCUT2D eigenvalue weighted by Crippen LogP contribution is -2.10. The number of rotatable bonds is 6. The molecule has 0 unspecified atom stereocenters. The number of carbonyl (C=O) groups is 1. The first-order chi connectivity index (χ1) is 9.69. The van der Waals surface area contributed by atoms with E-state index in [2.05, 4.69) is 15.9 Å². The zero-order chi connectivity index (χ0) is 14.4. The predicted molar refractivity (Wildman–Crippen MR) is 76.9 cm³/mol. The highest BCUT2D eigenvalue weighted by atomic mass is 79.9. The average Bonchev–Trinajstić information content (AvgIpc) is 2.46. The van der Waals surface area contributed by atoms with Crippen LogP contribution >= 0.6 is 15.9 Å². The van der Waals surface area contributed by atoms with Crippen molar-refractivity contribution in [3.05, 3.63) is 58.3 Å². The molecule has 3 nitrogen and oxygen atoms in total. The Morgan fingerprint density at radius 2 is 1.75 bits per heavy atom. The lowest BCUT2D eigenvalue weighted by molar-refractivity contribution is 0.111. The van der Waals surface area contributed by atoms with Crippen LogP contribution in [0.15, 0.2) is 46.9 Å². The topological polar surface area (TPSA) is 35.5 Å². The number of hydrogen-bond donors (Lipinski definition) is 0. The Labute approximate surface area is 124 Å². The fourth-order valence-corrected chi connectivity index (χ4v) is 1.96. The molecule has 2 aromatic carbocycles. The van der Waals surface area contributed by atoms with Gasteiger partial charge in [-0.3, -0.25) is 4.79 Å². The molecule has 5 heteroatoms. The molecule has 0 radical (unpaired) electrons. The largest absolute Gasteiger partial charge is 0.490 e. The molecule has 0 bridgehead atoms. The lowest BCUT2D eigenvalue weighted by Gasteiger charge is -2.10. The van der Waals surface area contributed by atoms with Gasteiger partial charge in [-0.2, -0.15) is 0 Å². The first-order valence-corrected chi connectivity index (χ1v) is 6.74. The van der Waals surface area contributed by atoms with Gasteiger partial charge in [0.05, 0.1) is 5.56 Å². The van der Waals surface area contributed by atoms with Gasteiger partial charge in [0.2, 0.25) is 0 Å². The summed E-state index contributed by atoms with van der Waals surface area (Å²) < 4.78 is 24.4. The second-order valence-corrected chi connectivity index (χ2v) is 4.87. The van der Waals surface area contributed by atoms with E-state index in [0.717, 1.165) is 10.8 Å². The van der Waals surface area contributed by atoms with E-state index in [1.54, 1.807) is 30.3 Å². The fourth-order valence-electron chi connectivity index (χ4n) is 1.58. The van der Waals surface area contributed by atoms with Gasteiger partial charge in [0.1, 0.15) is 30.5 Å². The molecule has 0 amide bonds. The number of ether oxygens (including phenoxy) is 2. The SMILES string of the molecule is O=Cc1cc(Br)ccc1OCCOc1ccc(F)cc1. The molecule has 0 aliphatic heterocycles. The van der Waals surface area contributed by atoms with Crippen molar-refractivity contribution in [1.29, 1.82) is 0 Å². The van der Waals surface area contributed by atoms with Gasteiger partial charge in [-0.25, -0.2) is 4.39 Å². The summed E-state index contributed by atoms with van der Waals surface area (Å²) >= 11 is 3.29. The van der Waals surface area contributed by atoms with Crippen LogP contribution in [0.25, 0.3) is 0 Å². The minimum atomic E-state index is -0.306. The van der Waals surface area contributed by atoms with Crippen molar-refractivity contribution in [3.8, 4) is 11.5 Å². The first-order valence-electron chi connectivity index (χ1n) is 5.95. The first kappa shape index (κ1) is 14.5. The van der Waals surface area contributed by atoms with E-state index in [0.29, 0.717) is 30.3 Å². The fraction of sp³-hybridized carbons (Fsp3) is 0.133. The molecular weight excluding hydrogens is 327 g/mol. The smallest absolute Gasteiger partial charge is 0.153 e. The van der Waals surface area contributed by atoms with Crippen molar-refractivity contribution in [2.24, 2.45) is 0 Å². The maximum Gasteiger partial charge on any atom is 0.153 e. The molecule has 0 atom stereocenters. The Hall–Kier alpha value is -1.88. The van der Waals surface area contributed by atoms with Crippen LogP contribution in [0.5, 0.6) is 11.5 Å². The number of hydrogen-bond acceptors (Lipinski definition) is 3. The summed E-state index contributed by atoms with van der Waals surface area (Å²) in [7, 11) is 0. The standard InChI is InChI=1S/C15H12BrFO3/c16-12-1-6-15(11(9-12)10-18)20-8-7-19-14-4-2-13(17)3-5-14/h1-6,9-10H,7-8H2. The van der Waals surface area contributed by atoms with Crippen molar-refractivity contribution in [2.45, 2.75) is 0 Å². The second kappa shape index (κ2) is 7.05. The molecule has 0 spiro atoms. The molecule has 0 saturated carbocycles. The normalized spacial score (nSPS) is 10.1. The van der Waals surface area contributed by atoms with Crippen molar-refractivity contribution >= 4 is 22.2 Å². The van der Waals surface area contributed by atoms with Gasteiger partial charge in [0.15, 0.2) is 6.29 Å². The van der Waals surface area contributed by atoms with Crippen molar-refractivity contribution in [1.82, 2.24) is 0 Å². The third kappa shape index (κ3) is 4.06. The van der Waals surface area contributed by atoms with Crippen molar-refractivity contribution in [2.75, 3.05) is 13.2 Å². The monoisotopic (exact) mass is 338 g/mol. The van der Waals surface area contributed by atoms with E-state index in [9.17, 15) is 9.18 Å². The lowest BCUT2D eigenvalue weighted by atomic mass is 10.2. The molecule has 0 aliphatic carbocycles. The molecule has 0 aliphatic rings. The number of aldehydes is 1. The molecule has 0 fully saturated rings. The predicted octanol–water partition coefficient (Wildman–Crippen LogP) is 3.86. The van der Waals surface area contributed by atoms with Crippen LogP contribution in [0.2, 0.25) is 0 Å². The minimum Gasteiger partial charge on any atom is -0.490 e. The molecule has 0 saturated heterocycles. The molecule has 0 heterocycles. The van der Waals surface area contributed by atoms with E-state index in [-0.39, 0.29) is 5.82 Å². The summed E-state index contributed by atoms with van der Waals surface area (Å²) in [4.78, 5) is 10.9. The van der Waals surface area contributed by atoms with Crippen LogP contribution in [-0.2, 0) is 0 Å². The molecule has 0 aromatic heterocycles. The second-order valence-electron chi connectivity index (χ2n) is 3.95. The van der Waals surface area contributed by atoms with Gasteiger partial charge in [0, 0.05) is 4.47 Å². The van der Waals surface area contributed by atoms with E-state index in [1.807, 2.05) is 0 Å². The molecule has 2 aromatic rings. The zero-order valence-electron chi connectivity index (χ0n) is 10.5. The molecular formula is C15H12BrFO3. The third-order valence-electron chi connectivity index (χ3n) is 2.52. The summed E-state index contributed by atoms with van der Waals surface area (Å²) in [5, 5.41) is 0. The molecule has 0 N–H and O–H groups in total. The summed E-state index contributed by atoms with van der Waals surface area (Å²) in [5.74, 6) is 0.770. The van der Waals surface area contributed by atoms with Crippen LogP contribution in [0.3, 0.4) is 0 Å². The van der Waals surface area contributed by atoms with Crippen LogP contribution in [0, 0.1) is 5.82 Å².